The van der Waals surface area contributed by atoms with E-state index in [1.165, 1.54) is 33.4 Å². The molecule has 8 heteroatoms. The summed E-state index contributed by atoms with van der Waals surface area (Å²) in [5, 5.41) is 0. The molecule has 2 aromatic carbocycles. The molecule has 0 fully saturated rings. The van der Waals surface area contributed by atoms with Crippen molar-refractivity contribution < 1.29 is 4.77 Å². The van der Waals surface area contributed by atoms with E-state index in [1.54, 1.807) is 0 Å². The van der Waals surface area contributed by atoms with Crippen molar-refractivity contribution >= 4 is 22.2 Å². The third kappa shape index (κ3) is 4.70. The number of benzene rings is 2. The van der Waals surface area contributed by atoms with Crippen LogP contribution in [-0.4, -0.2) is 0 Å². The zero-order valence-electron chi connectivity index (χ0n) is 16.5. The molecule has 0 saturated carbocycles. The Bertz CT molecular complexity index is 799. The quantitative estimate of drug-likeness (QED) is 0.499. The van der Waals surface area contributed by atoms with E-state index < -0.39 is 22.2 Å². The van der Waals surface area contributed by atoms with Crippen LogP contribution < -0.4 is 0 Å². The summed E-state index contributed by atoms with van der Waals surface area (Å²) in [5.74, 6) is 2.70. The summed E-state index contributed by atoms with van der Waals surface area (Å²) < 4.78 is 14.1. The first-order valence-electron chi connectivity index (χ1n) is 8.80. The molecule has 0 aromatic heterocycles. The van der Waals surface area contributed by atoms with E-state index in [0.717, 1.165) is 11.1 Å². The van der Waals surface area contributed by atoms with Gasteiger partial charge < -0.3 is 0 Å². The molecule has 146 valence electrons. The predicted octanol–water partition coefficient (Wildman–Crippen LogP) is 5.13. The van der Waals surface area contributed by atoms with Crippen molar-refractivity contribution in [2.24, 2.45) is 9.16 Å². The summed E-state index contributed by atoms with van der Waals surface area (Å²) in [5.41, 5.74) is 15.4. The minimum absolute atomic E-state index is 0.574. The second-order valence-corrected chi connectivity index (χ2v) is 10.2. The van der Waals surface area contributed by atoms with Crippen LogP contribution in [0.25, 0.3) is 0 Å². The van der Waals surface area contributed by atoms with Gasteiger partial charge in [-0.2, -0.15) is 0 Å². The molecule has 0 spiro atoms. The molecule has 0 saturated heterocycles. The van der Waals surface area contributed by atoms with Gasteiger partial charge in [0.2, 0.25) is 0 Å². The number of nitroso groups, excluding NO2 is 2. The maximum absolute atomic E-state index is 11.5. The van der Waals surface area contributed by atoms with Crippen molar-refractivity contribution in [1.82, 2.24) is 0 Å². The molecule has 2 atom stereocenters. The molecule has 0 radical (unpaired) electrons. The monoisotopic (exact) mass is 418 g/mol. The average Bonchev–Trinajstić information content (AvgIpc) is 2.73. The van der Waals surface area contributed by atoms with Gasteiger partial charge in [-0.3, -0.25) is 0 Å². The van der Waals surface area contributed by atoms with Crippen LogP contribution in [-0.2, 0) is 49.9 Å². The zero-order chi connectivity index (χ0) is 20.8. The Balaban J connectivity index is 0.00000136. The molecule has 4 bridgehead atoms. The van der Waals surface area contributed by atoms with E-state index >= 15 is 0 Å². The summed E-state index contributed by atoms with van der Waals surface area (Å²) in [7, 11) is 0. The molecule has 0 aliphatic carbocycles. The van der Waals surface area contributed by atoms with E-state index in [1.807, 2.05) is 0 Å². The molecular weight excluding hydrogens is 394 g/mol. The van der Waals surface area contributed by atoms with E-state index in [4.69, 9.17) is 10.2 Å². The topological polar surface area (TPSA) is 103 Å². The van der Waals surface area contributed by atoms with Crippen LogP contribution in [0, 0.1) is 43.0 Å². The summed E-state index contributed by atoms with van der Waals surface area (Å²) in [6.45, 7) is 8.50. The first-order chi connectivity index (χ1) is 13.4. The van der Waals surface area contributed by atoms with E-state index in [2.05, 4.69) is 61.1 Å². The Morgan fingerprint density at radius 1 is 0.679 bits per heavy atom. The van der Waals surface area contributed by atoms with Crippen LogP contribution >= 0.6 is 0 Å². The summed E-state index contributed by atoms with van der Waals surface area (Å²) in [6.07, 6.45) is 0. The normalized spacial score (nSPS) is 18.6. The van der Waals surface area contributed by atoms with Gasteiger partial charge in [-0.15, -0.1) is 0 Å². The maximum atomic E-state index is 11.5. The fourth-order valence-electron chi connectivity index (χ4n) is 3.56. The Labute approximate surface area is 170 Å². The summed E-state index contributed by atoms with van der Waals surface area (Å²) in [4.78, 5) is 23.0. The van der Waals surface area contributed by atoms with Gasteiger partial charge in [-0.25, -0.2) is 0 Å². The number of hydrogen-bond donors (Lipinski definition) is 0. The number of hydrogen-bond acceptors (Lipinski definition) is 5. The molecule has 0 N–H and O–H groups in total. The molecule has 2 aromatic rings. The minimum atomic E-state index is -0.574. The van der Waals surface area contributed by atoms with Crippen molar-refractivity contribution in [3.05, 3.63) is 78.6 Å². The molecule has 0 amide bonds. The Morgan fingerprint density at radius 3 is 1.21 bits per heavy atom. The van der Waals surface area contributed by atoms with Crippen LogP contribution in [0.4, 0.5) is 0 Å². The average molecular weight is 419 g/mol. The van der Waals surface area contributed by atoms with Gasteiger partial charge >= 0.3 is 10.2 Å². The van der Waals surface area contributed by atoms with Crippen LogP contribution in [0.2, 0.25) is 0 Å². The fraction of sp³-hybridized carbons (Fsp3) is 0.400. The van der Waals surface area contributed by atoms with Crippen molar-refractivity contribution in [2.45, 2.75) is 50.7 Å². The molecule has 28 heavy (non-hydrogen) atoms. The second kappa shape index (κ2) is 9.98. The Kier molecular flexibility index (Phi) is 7.95. The molecule has 6 rings (SSSR count). The SMILES string of the molecule is Cc1c(C)c2c(C)c(C)c1C[S+](N=O)Cc1ccc(cc1)C[S+](N=O)C2.N#[O+]. The molecular formula is C20H24N3O3S2+3. The summed E-state index contributed by atoms with van der Waals surface area (Å²) in [6, 6.07) is 8.21. The van der Waals surface area contributed by atoms with Crippen molar-refractivity contribution in [3.8, 4) is 0 Å². The van der Waals surface area contributed by atoms with E-state index in [0.29, 0.717) is 23.0 Å². The standard InChI is InChI=1S/C20H24N2O2S2.NO/c1-13-14(2)20-12-26(22-24)10-18-7-5-17(6-8-18)9-25(21-23)11-19(13)15(3)16(20)4;1-2/h5-8H,9-12H2,1-4H3;/q+2;+1. The molecule has 4 heterocycles. The number of rotatable bonds is 2. The van der Waals surface area contributed by atoms with Crippen LogP contribution in [0.3, 0.4) is 0 Å². The van der Waals surface area contributed by atoms with Gasteiger partial charge in [0.15, 0.2) is 54.3 Å². The predicted molar refractivity (Wildman–Crippen MR) is 115 cm³/mol. The molecule has 2 unspecified atom stereocenters. The van der Waals surface area contributed by atoms with Gasteiger partial charge in [0.1, 0.15) is 0 Å². The zero-order valence-corrected chi connectivity index (χ0v) is 18.2. The van der Waals surface area contributed by atoms with Gasteiger partial charge in [-0.05, 0) is 49.9 Å². The first-order valence-corrected chi connectivity index (χ1v) is 11.8. The second-order valence-electron chi connectivity index (χ2n) is 6.92. The molecule has 4 aliphatic heterocycles. The third-order valence-electron chi connectivity index (χ3n) is 5.46. The van der Waals surface area contributed by atoms with Crippen LogP contribution in [0.1, 0.15) is 44.5 Å². The van der Waals surface area contributed by atoms with Crippen LogP contribution in [0.15, 0.2) is 33.4 Å². The van der Waals surface area contributed by atoms with Gasteiger partial charge in [0, 0.05) is 22.3 Å². The third-order valence-corrected chi connectivity index (χ3v) is 8.46. The fourth-order valence-corrected chi connectivity index (χ4v) is 6.66. The van der Waals surface area contributed by atoms with Gasteiger partial charge in [-0.1, -0.05) is 34.1 Å². The first kappa shape index (κ1) is 22.3. The Hall–Kier alpha value is -1.99. The van der Waals surface area contributed by atoms with Crippen molar-refractivity contribution in [2.75, 3.05) is 0 Å². The van der Waals surface area contributed by atoms with E-state index in [9.17, 15) is 9.81 Å². The molecule has 4 aliphatic rings. The van der Waals surface area contributed by atoms with Gasteiger partial charge in [0.25, 0.3) is 0 Å². The van der Waals surface area contributed by atoms with Crippen molar-refractivity contribution in [1.29, 1.82) is 5.46 Å². The van der Waals surface area contributed by atoms with Crippen LogP contribution in [0.5, 0.6) is 0 Å². The summed E-state index contributed by atoms with van der Waals surface area (Å²) >= 11 is -1.15. The van der Waals surface area contributed by atoms with Gasteiger partial charge in [0.05, 0.1) is 0 Å². The van der Waals surface area contributed by atoms with Crippen molar-refractivity contribution in [3.63, 3.8) is 0 Å². The number of nitrogens with zero attached hydrogens (tertiary/aromatic N) is 3. The Morgan fingerprint density at radius 2 is 0.964 bits per heavy atom. The van der Waals surface area contributed by atoms with E-state index in [-0.39, 0.29) is 0 Å². The molecule has 6 nitrogen and oxygen atoms in total.